The molecule has 4 atom stereocenters. The molecule has 3 N–H and O–H groups in total. The van der Waals surface area contributed by atoms with E-state index in [4.69, 9.17) is 9.47 Å². The Kier molecular flexibility index (Phi) is 12.7. The van der Waals surface area contributed by atoms with Gasteiger partial charge in [-0.05, 0) is 73.5 Å². The Morgan fingerprint density at radius 2 is 1.82 bits per heavy atom. The van der Waals surface area contributed by atoms with Gasteiger partial charge in [0.1, 0.15) is 35.8 Å². The van der Waals surface area contributed by atoms with Gasteiger partial charge in [0, 0.05) is 38.4 Å². The summed E-state index contributed by atoms with van der Waals surface area (Å²) in [6.07, 6.45) is 9.74. The second-order valence-electron chi connectivity index (χ2n) is 13.4. The minimum atomic E-state index is -0.930. The predicted molar refractivity (Wildman–Crippen MR) is 186 cm³/mol. The number of rotatable bonds is 16. The third-order valence-corrected chi connectivity index (χ3v) is 9.76. The van der Waals surface area contributed by atoms with Gasteiger partial charge in [0.25, 0.3) is 0 Å². The van der Waals surface area contributed by atoms with Crippen LogP contribution in [0.4, 0.5) is 4.39 Å². The maximum Gasteiger partial charge on any atom is 0.343 e. The van der Waals surface area contributed by atoms with Crippen LogP contribution in [0.15, 0.2) is 59.7 Å². The highest BCUT2D eigenvalue weighted by Gasteiger charge is 2.46. The zero-order chi connectivity index (χ0) is 35.8. The number of ketones is 1. The van der Waals surface area contributed by atoms with Crippen molar-refractivity contribution in [3.8, 4) is 5.75 Å². The van der Waals surface area contributed by atoms with Gasteiger partial charge in [-0.25, -0.2) is 14.0 Å². The molecule has 2 aliphatic heterocycles. The smallest absolute Gasteiger partial charge is 0.343 e. The van der Waals surface area contributed by atoms with Crippen LogP contribution in [-0.4, -0.2) is 102 Å². The molecule has 0 aromatic heterocycles. The van der Waals surface area contributed by atoms with E-state index in [1.165, 1.54) is 6.08 Å². The number of hydrogen-bond donors (Lipinski definition) is 3. The highest BCUT2D eigenvalue weighted by Crippen LogP contribution is 2.40. The summed E-state index contributed by atoms with van der Waals surface area (Å²) in [7, 11) is 0. The first kappa shape index (κ1) is 37.1. The molecule has 3 unspecified atom stereocenters. The number of amides is 2. The van der Waals surface area contributed by atoms with Crippen LogP contribution in [0.1, 0.15) is 45.1 Å². The Hall–Kier alpha value is -4.17. The van der Waals surface area contributed by atoms with Gasteiger partial charge in [-0.2, -0.15) is 11.8 Å². The molecule has 1 saturated heterocycles. The van der Waals surface area contributed by atoms with E-state index in [-0.39, 0.29) is 35.9 Å². The van der Waals surface area contributed by atoms with Crippen LogP contribution in [0.2, 0.25) is 0 Å². The number of nitrogens with one attached hydrogen (secondary N) is 3. The van der Waals surface area contributed by atoms with Crippen LogP contribution in [0.5, 0.6) is 5.75 Å². The number of benzene rings is 1. The third kappa shape index (κ3) is 9.33. The lowest BCUT2D eigenvalue weighted by Gasteiger charge is -2.41. The molecule has 1 aromatic carbocycles. The standard InChI is InChI=1S/C36H46FN5O7S/c1-22(2)16-30(40-34(45)29(39-21-43)10-15-50-3)36(47)49-25-8-4-23(5-9-25)20-48-35(46)27-19-42(24-6-7-24)31-18-32(41-13-11-38-12-14-41)28(37)17-26(31)33(27)44/h4-5,8-9,17-19,21-22,24,26,29-31,38H,6-7,10-16,20H2,1-3H3,(H,39,43)(H,40,45)/t26?,29?,30-,31?/m0/s1. The number of fused-ring (bicyclic) bond motifs is 1. The van der Waals surface area contributed by atoms with E-state index in [1.807, 2.05) is 36.0 Å². The largest absolute Gasteiger partial charge is 0.457 e. The minimum absolute atomic E-state index is 0.0708. The van der Waals surface area contributed by atoms with Crippen LogP contribution in [0, 0.1) is 11.8 Å². The molecule has 2 fully saturated rings. The van der Waals surface area contributed by atoms with E-state index in [0.717, 1.165) is 25.9 Å². The van der Waals surface area contributed by atoms with Crippen LogP contribution >= 0.6 is 11.8 Å². The molecule has 2 heterocycles. The summed E-state index contributed by atoms with van der Waals surface area (Å²) in [5.74, 6) is -2.68. The number of hydrogen-bond acceptors (Lipinski definition) is 11. The molecule has 1 aromatic rings. The highest BCUT2D eigenvalue weighted by atomic mass is 32.2. The molecule has 2 amide bonds. The molecule has 2 aliphatic carbocycles. The number of allylic oxidation sites excluding steroid dienone is 1. The van der Waals surface area contributed by atoms with Crippen molar-refractivity contribution in [3.05, 3.63) is 65.3 Å². The number of esters is 2. The van der Waals surface area contributed by atoms with E-state index in [9.17, 15) is 24.0 Å². The molecule has 12 nitrogen and oxygen atoms in total. The number of halogens is 1. The van der Waals surface area contributed by atoms with Gasteiger partial charge in [-0.1, -0.05) is 26.0 Å². The van der Waals surface area contributed by atoms with E-state index in [1.54, 1.807) is 42.2 Å². The van der Waals surface area contributed by atoms with Crippen LogP contribution < -0.4 is 20.7 Å². The van der Waals surface area contributed by atoms with E-state index in [2.05, 4.69) is 16.0 Å². The number of carbonyl (C=O) groups is 5. The number of piperazine rings is 1. The Morgan fingerprint density at radius 3 is 2.46 bits per heavy atom. The SMILES string of the molecule is CSCCC(NC=O)C(=O)N[C@@H](CC(C)C)C(=O)Oc1ccc(COC(=O)C2=CN(C3CC3)C3C=C(N4CCNCC4)C(F)=CC3C2=O)cc1. The fourth-order valence-electron chi connectivity index (χ4n) is 6.34. The molecule has 0 spiro atoms. The molecule has 0 radical (unpaired) electrons. The van der Waals surface area contributed by atoms with Gasteiger partial charge in [0.2, 0.25) is 12.3 Å². The molecule has 4 aliphatic rings. The van der Waals surface area contributed by atoms with Gasteiger partial charge in [-0.3, -0.25) is 14.4 Å². The molecule has 1 saturated carbocycles. The highest BCUT2D eigenvalue weighted by molar-refractivity contribution is 7.98. The number of carbonyl (C=O) groups excluding carboxylic acids is 5. The lowest BCUT2D eigenvalue weighted by molar-refractivity contribution is -0.142. The number of nitrogens with zero attached hydrogens (tertiary/aromatic N) is 2. The van der Waals surface area contributed by atoms with Crippen molar-refractivity contribution in [1.29, 1.82) is 0 Å². The van der Waals surface area contributed by atoms with Crippen molar-refractivity contribution in [1.82, 2.24) is 25.8 Å². The number of ether oxygens (including phenoxy) is 2. The molecule has 14 heteroatoms. The second-order valence-corrected chi connectivity index (χ2v) is 14.3. The Bertz CT molecular complexity index is 1520. The van der Waals surface area contributed by atoms with E-state index in [0.29, 0.717) is 49.4 Å². The zero-order valence-corrected chi connectivity index (χ0v) is 29.5. The van der Waals surface area contributed by atoms with Crippen molar-refractivity contribution < 1.29 is 37.8 Å². The lowest BCUT2D eigenvalue weighted by atomic mass is 9.82. The van der Waals surface area contributed by atoms with Crippen LogP contribution in [-0.2, 0) is 35.3 Å². The summed E-state index contributed by atoms with van der Waals surface area (Å²) in [6, 6.07) is 4.46. The topological polar surface area (TPSA) is 146 Å². The lowest BCUT2D eigenvalue weighted by Crippen LogP contribution is -2.51. The van der Waals surface area contributed by atoms with Gasteiger partial charge >= 0.3 is 11.9 Å². The quantitative estimate of drug-likeness (QED) is 0.101. The Labute approximate surface area is 296 Å². The summed E-state index contributed by atoms with van der Waals surface area (Å²) < 4.78 is 26.5. The van der Waals surface area contributed by atoms with Gasteiger partial charge in [0.15, 0.2) is 5.78 Å². The van der Waals surface area contributed by atoms with E-state index >= 15 is 4.39 Å². The monoisotopic (exact) mass is 711 g/mol. The second kappa shape index (κ2) is 17.2. The minimum Gasteiger partial charge on any atom is -0.457 e. The van der Waals surface area contributed by atoms with Gasteiger partial charge in [0.05, 0.1) is 17.7 Å². The summed E-state index contributed by atoms with van der Waals surface area (Å²) in [6.45, 7) is 6.57. The molecular weight excluding hydrogens is 665 g/mol. The Morgan fingerprint density at radius 1 is 1.10 bits per heavy atom. The van der Waals surface area contributed by atoms with Crippen molar-refractivity contribution in [2.45, 2.75) is 70.3 Å². The van der Waals surface area contributed by atoms with Crippen molar-refractivity contribution in [2.75, 3.05) is 38.2 Å². The zero-order valence-electron chi connectivity index (χ0n) is 28.7. The Balaban J connectivity index is 1.20. The number of thioether (sulfide) groups is 1. The maximum absolute atomic E-state index is 15.3. The van der Waals surface area contributed by atoms with Crippen LogP contribution in [0.25, 0.3) is 0 Å². The molecule has 50 heavy (non-hydrogen) atoms. The third-order valence-electron chi connectivity index (χ3n) is 9.12. The molecule has 0 bridgehead atoms. The summed E-state index contributed by atoms with van der Waals surface area (Å²) >= 11 is 1.54. The van der Waals surface area contributed by atoms with Crippen molar-refractivity contribution >= 4 is 41.8 Å². The first-order valence-electron chi connectivity index (χ1n) is 17.1. The summed E-state index contributed by atoms with van der Waals surface area (Å²) in [4.78, 5) is 67.8. The van der Waals surface area contributed by atoms with E-state index < -0.39 is 47.5 Å². The molecule has 5 rings (SSSR count). The van der Waals surface area contributed by atoms with Crippen molar-refractivity contribution in [2.24, 2.45) is 11.8 Å². The fourth-order valence-corrected chi connectivity index (χ4v) is 6.81. The predicted octanol–water partition coefficient (Wildman–Crippen LogP) is 2.61. The van der Waals surface area contributed by atoms with Gasteiger partial charge in [-0.15, -0.1) is 0 Å². The fraction of sp³-hybridized carbons (Fsp3) is 0.528. The van der Waals surface area contributed by atoms with Crippen molar-refractivity contribution in [3.63, 3.8) is 0 Å². The first-order valence-corrected chi connectivity index (χ1v) is 18.5. The molecular formula is C36H46FN5O7S. The molecule has 270 valence electrons. The van der Waals surface area contributed by atoms with Crippen LogP contribution in [0.3, 0.4) is 0 Å². The average molecular weight is 712 g/mol. The van der Waals surface area contributed by atoms with Gasteiger partial charge < -0.3 is 35.2 Å². The summed E-state index contributed by atoms with van der Waals surface area (Å²) in [5.41, 5.74) is 0.987. The summed E-state index contributed by atoms with van der Waals surface area (Å²) in [5, 5.41) is 8.50. The maximum atomic E-state index is 15.3. The average Bonchev–Trinajstić information content (AvgIpc) is 3.95. The normalized spacial score (nSPS) is 21.6. The number of Topliss-reactive ketones (excluding diaryl/α,β-unsaturated/α-hetero) is 1. The first-order chi connectivity index (χ1) is 24.1.